The van der Waals surface area contributed by atoms with Crippen molar-refractivity contribution in [3.63, 3.8) is 0 Å². The Morgan fingerprint density at radius 3 is 2.46 bits per heavy atom. The topological polar surface area (TPSA) is 76.7 Å². The molecule has 6 nitrogen and oxygen atoms in total. The molecule has 0 spiro atoms. The van der Waals surface area contributed by atoms with Gasteiger partial charge in [0.1, 0.15) is 17.9 Å². The van der Waals surface area contributed by atoms with Crippen LogP contribution in [0.1, 0.15) is 10.4 Å². The number of terminal acetylenes is 1. The maximum absolute atomic E-state index is 12.0. The lowest BCUT2D eigenvalue weighted by atomic mass is 10.1. The Labute approximate surface area is 139 Å². The van der Waals surface area contributed by atoms with Gasteiger partial charge in [-0.15, -0.1) is 6.42 Å². The van der Waals surface area contributed by atoms with Crippen molar-refractivity contribution in [1.82, 2.24) is 0 Å². The van der Waals surface area contributed by atoms with Crippen LogP contribution < -0.4 is 15.4 Å². The number of hydrogen-bond donors (Lipinski definition) is 2. The highest BCUT2D eigenvalue weighted by Crippen LogP contribution is 2.24. The summed E-state index contributed by atoms with van der Waals surface area (Å²) in [7, 11) is 1.26. The number of benzene rings is 2. The molecule has 2 aromatic carbocycles. The van der Waals surface area contributed by atoms with Crippen molar-refractivity contribution in [2.24, 2.45) is 0 Å². The van der Waals surface area contributed by atoms with Crippen molar-refractivity contribution in [3.8, 4) is 18.1 Å². The van der Waals surface area contributed by atoms with Gasteiger partial charge in [0.15, 0.2) is 0 Å². The largest absolute Gasteiger partial charge is 0.480 e. The zero-order chi connectivity index (χ0) is 17.4. The first-order valence-corrected chi connectivity index (χ1v) is 7.05. The first-order chi connectivity index (χ1) is 11.6. The summed E-state index contributed by atoms with van der Waals surface area (Å²) in [6, 6.07) is 13.2. The third kappa shape index (κ3) is 4.52. The summed E-state index contributed by atoms with van der Waals surface area (Å²) in [5, 5.41) is 5.32. The number of carbonyl (C=O) groups excluding carboxylic acids is 2. The van der Waals surface area contributed by atoms with E-state index in [1.54, 1.807) is 24.3 Å². The van der Waals surface area contributed by atoms with Crippen LogP contribution in [0, 0.1) is 12.3 Å². The van der Waals surface area contributed by atoms with E-state index in [0.717, 1.165) is 0 Å². The van der Waals surface area contributed by atoms with E-state index in [1.165, 1.54) is 13.2 Å². The fourth-order valence-electron chi connectivity index (χ4n) is 1.94. The fourth-order valence-corrected chi connectivity index (χ4v) is 1.94. The molecule has 0 aliphatic heterocycles. The Balaban J connectivity index is 2.14. The first-order valence-electron chi connectivity index (χ1n) is 7.05. The molecule has 0 atom stereocenters. The number of nitrogens with one attached hydrogen (secondary N) is 2. The van der Waals surface area contributed by atoms with Gasteiger partial charge in [-0.25, -0.2) is 9.59 Å². The molecule has 122 valence electrons. The summed E-state index contributed by atoms with van der Waals surface area (Å²) in [6.45, 7) is 0.0191. The Bertz CT molecular complexity index is 766. The van der Waals surface area contributed by atoms with Crippen LogP contribution in [-0.4, -0.2) is 25.7 Å². The van der Waals surface area contributed by atoms with E-state index in [9.17, 15) is 9.59 Å². The summed E-state index contributed by atoms with van der Waals surface area (Å²) in [5.74, 6) is 2.02. The number of carbonyl (C=O) groups is 2. The number of rotatable bonds is 5. The van der Waals surface area contributed by atoms with Crippen LogP contribution >= 0.6 is 0 Å². The van der Waals surface area contributed by atoms with Crippen molar-refractivity contribution in [1.29, 1.82) is 0 Å². The highest BCUT2D eigenvalue weighted by molar-refractivity contribution is 6.01. The SMILES string of the molecule is C#CCOc1ccc(NC(=O)Nc2ccccc2)cc1C(=O)OC. The van der Waals surface area contributed by atoms with Crippen LogP contribution in [0.2, 0.25) is 0 Å². The summed E-state index contributed by atoms with van der Waals surface area (Å²) >= 11 is 0. The number of anilines is 2. The van der Waals surface area contributed by atoms with Crippen LogP contribution in [0.4, 0.5) is 16.2 Å². The minimum absolute atomic E-state index is 0.0191. The maximum Gasteiger partial charge on any atom is 0.341 e. The molecule has 2 N–H and O–H groups in total. The van der Waals surface area contributed by atoms with E-state index in [1.807, 2.05) is 18.2 Å². The second-order valence-electron chi connectivity index (χ2n) is 4.64. The van der Waals surface area contributed by atoms with E-state index < -0.39 is 12.0 Å². The zero-order valence-electron chi connectivity index (χ0n) is 13.0. The summed E-state index contributed by atoms with van der Waals surface area (Å²) in [4.78, 5) is 23.8. The van der Waals surface area contributed by atoms with Crippen molar-refractivity contribution < 1.29 is 19.1 Å². The minimum Gasteiger partial charge on any atom is -0.480 e. The highest BCUT2D eigenvalue weighted by atomic mass is 16.5. The first kappa shape index (κ1) is 16.9. The third-order valence-electron chi connectivity index (χ3n) is 2.99. The molecule has 2 aromatic rings. The van der Waals surface area contributed by atoms with Crippen molar-refractivity contribution in [3.05, 3.63) is 54.1 Å². The van der Waals surface area contributed by atoms with E-state index in [-0.39, 0.29) is 17.9 Å². The molecule has 0 heterocycles. The minimum atomic E-state index is -0.589. The van der Waals surface area contributed by atoms with Crippen molar-refractivity contribution >= 4 is 23.4 Å². The van der Waals surface area contributed by atoms with Gasteiger partial charge in [-0.05, 0) is 30.3 Å². The Morgan fingerprint density at radius 1 is 1.08 bits per heavy atom. The molecular formula is C18H16N2O4. The van der Waals surface area contributed by atoms with E-state index in [0.29, 0.717) is 11.4 Å². The molecule has 0 aromatic heterocycles. The molecule has 0 aliphatic carbocycles. The molecule has 0 fully saturated rings. The predicted molar refractivity (Wildman–Crippen MR) is 91.2 cm³/mol. The number of hydrogen-bond acceptors (Lipinski definition) is 4. The number of urea groups is 1. The van der Waals surface area contributed by atoms with Crippen LogP contribution in [-0.2, 0) is 4.74 Å². The molecular weight excluding hydrogens is 308 g/mol. The smallest absolute Gasteiger partial charge is 0.341 e. The predicted octanol–water partition coefficient (Wildman–Crippen LogP) is 3.13. The number of methoxy groups -OCH3 is 1. The quantitative estimate of drug-likeness (QED) is 0.654. The van der Waals surface area contributed by atoms with Gasteiger partial charge in [-0.1, -0.05) is 24.1 Å². The van der Waals surface area contributed by atoms with Crippen LogP contribution in [0.25, 0.3) is 0 Å². The van der Waals surface area contributed by atoms with E-state index in [2.05, 4.69) is 16.6 Å². The molecule has 2 rings (SSSR count). The molecule has 0 bridgehead atoms. The third-order valence-corrected chi connectivity index (χ3v) is 2.99. The second-order valence-corrected chi connectivity index (χ2v) is 4.64. The fraction of sp³-hybridized carbons (Fsp3) is 0.111. The van der Waals surface area contributed by atoms with Gasteiger partial charge < -0.3 is 20.1 Å². The molecule has 0 unspecified atom stereocenters. The molecule has 0 radical (unpaired) electrons. The molecule has 0 aliphatic rings. The van der Waals surface area contributed by atoms with Crippen molar-refractivity contribution in [2.75, 3.05) is 24.4 Å². The Kier molecular flexibility index (Phi) is 5.81. The summed E-state index contributed by atoms with van der Waals surface area (Å²) in [5.41, 5.74) is 1.24. The van der Waals surface area contributed by atoms with E-state index in [4.69, 9.17) is 15.9 Å². The Hall–Kier alpha value is -3.46. The second kappa shape index (κ2) is 8.25. The van der Waals surface area contributed by atoms with Crippen LogP contribution in [0.5, 0.6) is 5.75 Å². The highest BCUT2D eigenvalue weighted by Gasteiger charge is 2.15. The molecule has 0 saturated heterocycles. The number of ether oxygens (including phenoxy) is 2. The standard InChI is InChI=1S/C18H16N2O4/c1-3-11-24-16-10-9-14(12-15(16)17(21)23-2)20-18(22)19-13-7-5-4-6-8-13/h1,4-10,12H,11H2,2H3,(H2,19,20,22). The van der Waals surface area contributed by atoms with Gasteiger partial charge in [0, 0.05) is 11.4 Å². The summed E-state index contributed by atoms with van der Waals surface area (Å²) in [6.07, 6.45) is 5.15. The lowest BCUT2D eigenvalue weighted by Crippen LogP contribution is -2.19. The van der Waals surface area contributed by atoms with Gasteiger partial charge in [0.25, 0.3) is 0 Å². The lowest BCUT2D eigenvalue weighted by Gasteiger charge is -2.12. The van der Waals surface area contributed by atoms with Gasteiger partial charge in [0.2, 0.25) is 0 Å². The molecule has 6 heteroatoms. The maximum atomic E-state index is 12.0. The zero-order valence-corrected chi connectivity index (χ0v) is 13.0. The average molecular weight is 324 g/mol. The van der Waals surface area contributed by atoms with Gasteiger partial charge >= 0.3 is 12.0 Å². The molecule has 0 saturated carbocycles. The molecule has 2 amide bonds. The lowest BCUT2D eigenvalue weighted by molar-refractivity contribution is 0.0596. The van der Waals surface area contributed by atoms with Gasteiger partial charge in [0.05, 0.1) is 7.11 Å². The van der Waals surface area contributed by atoms with Gasteiger partial charge in [-0.3, -0.25) is 0 Å². The Morgan fingerprint density at radius 2 is 1.79 bits per heavy atom. The van der Waals surface area contributed by atoms with Crippen molar-refractivity contribution in [2.45, 2.75) is 0 Å². The van der Waals surface area contributed by atoms with Crippen LogP contribution in [0.15, 0.2) is 48.5 Å². The number of amides is 2. The van der Waals surface area contributed by atoms with Gasteiger partial charge in [-0.2, -0.15) is 0 Å². The number of esters is 1. The summed E-state index contributed by atoms with van der Waals surface area (Å²) < 4.78 is 10.0. The average Bonchev–Trinajstić information content (AvgIpc) is 2.60. The monoisotopic (exact) mass is 324 g/mol. The molecule has 24 heavy (non-hydrogen) atoms. The number of para-hydroxylation sites is 1. The van der Waals surface area contributed by atoms with Crippen LogP contribution in [0.3, 0.4) is 0 Å². The normalized spacial score (nSPS) is 9.50. The van der Waals surface area contributed by atoms with E-state index >= 15 is 0 Å².